The van der Waals surface area contributed by atoms with Gasteiger partial charge in [0.1, 0.15) is 0 Å². The lowest BCUT2D eigenvalue weighted by atomic mass is 9.93. The minimum Gasteiger partial charge on any atom is -0.376 e. The summed E-state index contributed by atoms with van der Waals surface area (Å²) in [4.78, 5) is 12.0. The number of hydrogen-bond acceptors (Lipinski definition) is 3. The van der Waals surface area contributed by atoms with Gasteiger partial charge in [-0.25, -0.2) is 0 Å². The van der Waals surface area contributed by atoms with Crippen molar-refractivity contribution in [2.24, 2.45) is 5.92 Å². The van der Waals surface area contributed by atoms with Crippen LogP contribution in [0.25, 0.3) is 0 Å². The molecule has 2 fully saturated rings. The Morgan fingerprint density at radius 2 is 2.19 bits per heavy atom. The number of carbonyl (C=O) groups excluding carboxylic acids is 1. The number of amides is 1. The van der Waals surface area contributed by atoms with E-state index >= 15 is 0 Å². The monoisotopic (exact) mass is 226 g/mol. The van der Waals surface area contributed by atoms with Crippen LogP contribution in [-0.2, 0) is 9.53 Å². The van der Waals surface area contributed by atoms with E-state index in [0.29, 0.717) is 5.92 Å². The summed E-state index contributed by atoms with van der Waals surface area (Å²) in [7, 11) is 0. The van der Waals surface area contributed by atoms with Crippen LogP contribution in [0.5, 0.6) is 0 Å². The minimum absolute atomic E-state index is 0.00319. The van der Waals surface area contributed by atoms with Crippen molar-refractivity contribution in [1.29, 1.82) is 0 Å². The van der Waals surface area contributed by atoms with Crippen molar-refractivity contribution in [2.45, 2.75) is 51.3 Å². The predicted octanol–water partition coefficient (Wildman–Crippen LogP) is 0.668. The maximum Gasteiger partial charge on any atom is 0.237 e. The zero-order valence-corrected chi connectivity index (χ0v) is 10.2. The molecule has 2 rings (SSSR count). The van der Waals surface area contributed by atoms with Crippen LogP contribution in [-0.4, -0.2) is 37.2 Å². The summed E-state index contributed by atoms with van der Waals surface area (Å²) in [6.45, 7) is 5.95. The van der Waals surface area contributed by atoms with Gasteiger partial charge in [-0.3, -0.25) is 4.79 Å². The third-order valence-corrected chi connectivity index (χ3v) is 3.69. The Hall–Kier alpha value is -0.610. The Morgan fingerprint density at radius 1 is 1.38 bits per heavy atom. The van der Waals surface area contributed by atoms with E-state index in [1.54, 1.807) is 0 Å². The van der Waals surface area contributed by atoms with Gasteiger partial charge in [-0.15, -0.1) is 0 Å². The van der Waals surface area contributed by atoms with E-state index in [4.69, 9.17) is 4.74 Å². The fourth-order valence-corrected chi connectivity index (χ4v) is 2.51. The summed E-state index contributed by atoms with van der Waals surface area (Å²) in [5, 5.41) is 6.38. The molecule has 2 N–H and O–H groups in total. The van der Waals surface area contributed by atoms with Gasteiger partial charge in [0.2, 0.25) is 5.91 Å². The Morgan fingerprint density at radius 3 is 2.81 bits per heavy atom. The molecule has 0 aromatic rings. The summed E-state index contributed by atoms with van der Waals surface area (Å²) in [5.74, 6) is 0.795. The van der Waals surface area contributed by atoms with Crippen molar-refractivity contribution in [3.05, 3.63) is 0 Å². The number of piperidine rings is 1. The van der Waals surface area contributed by atoms with E-state index in [9.17, 15) is 4.79 Å². The first kappa shape index (κ1) is 11.9. The molecule has 4 heteroatoms. The lowest BCUT2D eigenvalue weighted by Gasteiger charge is -2.28. The minimum atomic E-state index is -0.00319. The predicted molar refractivity (Wildman–Crippen MR) is 62.2 cm³/mol. The van der Waals surface area contributed by atoms with Gasteiger partial charge in [-0.05, 0) is 38.6 Å². The van der Waals surface area contributed by atoms with Gasteiger partial charge < -0.3 is 15.4 Å². The molecule has 1 amide bonds. The van der Waals surface area contributed by atoms with Crippen molar-refractivity contribution < 1.29 is 9.53 Å². The molecule has 0 aromatic heterocycles. The molecule has 0 bridgehead atoms. The van der Waals surface area contributed by atoms with E-state index in [-0.39, 0.29) is 24.1 Å². The molecular formula is C12H22N2O2. The zero-order valence-electron chi connectivity index (χ0n) is 10.2. The highest BCUT2D eigenvalue weighted by Crippen LogP contribution is 2.17. The van der Waals surface area contributed by atoms with E-state index in [1.165, 1.54) is 6.42 Å². The first-order valence-electron chi connectivity index (χ1n) is 6.32. The molecule has 2 heterocycles. The zero-order chi connectivity index (χ0) is 11.5. The normalized spacial score (nSPS) is 39.6. The first-order valence-corrected chi connectivity index (χ1v) is 6.32. The van der Waals surface area contributed by atoms with Crippen molar-refractivity contribution in [3.8, 4) is 0 Å². The molecule has 0 spiro atoms. The van der Waals surface area contributed by atoms with E-state index in [1.807, 2.05) is 6.92 Å². The fraction of sp³-hybridized carbons (Fsp3) is 0.917. The molecule has 4 unspecified atom stereocenters. The lowest BCUT2D eigenvalue weighted by Crippen LogP contribution is -2.52. The second-order valence-electron chi connectivity index (χ2n) is 5.12. The molecule has 0 saturated carbocycles. The molecule has 0 aliphatic carbocycles. The molecule has 2 saturated heterocycles. The number of carbonyl (C=O) groups is 1. The third kappa shape index (κ3) is 2.74. The van der Waals surface area contributed by atoms with Crippen molar-refractivity contribution in [1.82, 2.24) is 10.6 Å². The van der Waals surface area contributed by atoms with Gasteiger partial charge >= 0.3 is 0 Å². The van der Waals surface area contributed by atoms with Crippen LogP contribution in [0.3, 0.4) is 0 Å². The highest BCUT2D eigenvalue weighted by molar-refractivity contribution is 5.82. The van der Waals surface area contributed by atoms with Crippen LogP contribution in [0.2, 0.25) is 0 Å². The molecular weight excluding hydrogens is 204 g/mol. The third-order valence-electron chi connectivity index (χ3n) is 3.69. The quantitative estimate of drug-likeness (QED) is 0.727. The Labute approximate surface area is 97.1 Å². The summed E-state index contributed by atoms with van der Waals surface area (Å²) in [6, 6.07) is 0.197. The molecule has 2 aliphatic heterocycles. The number of ether oxygens (including phenoxy) is 1. The van der Waals surface area contributed by atoms with Crippen molar-refractivity contribution in [2.75, 3.05) is 13.2 Å². The Bertz CT molecular complexity index is 257. The van der Waals surface area contributed by atoms with E-state index in [2.05, 4.69) is 17.6 Å². The Kier molecular flexibility index (Phi) is 3.82. The van der Waals surface area contributed by atoms with Crippen LogP contribution in [0.15, 0.2) is 0 Å². The molecule has 16 heavy (non-hydrogen) atoms. The molecule has 92 valence electrons. The topological polar surface area (TPSA) is 50.4 Å². The average Bonchev–Trinajstić information content (AvgIpc) is 2.64. The molecule has 0 radical (unpaired) electrons. The summed E-state index contributed by atoms with van der Waals surface area (Å²) in [6.07, 6.45) is 3.22. The van der Waals surface area contributed by atoms with Gasteiger partial charge in [0.25, 0.3) is 0 Å². The second-order valence-corrected chi connectivity index (χ2v) is 5.12. The SMILES string of the molecule is CC1CCNC(C(=O)NC2CCOC2C)C1. The lowest BCUT2D eigenvalue weighted by molar-refractivity contribution is -0.125. The Balaban J connectivity index is 1.82. The van der Waals surface area contributed by atoms with Crippen molar-refractivity contribution in [3.63, 3.8) is 0 Å². The van der Waals surface area contributed by atoms with Crippen LogP contribution >= 0.6 is 0 Å². The molecule has 4 atom stereocenters. The van der Waals surface area contributed by atoms with Gasteiger partial charge in [0.15, 0.2) is 0 Å². The summed E-state index contributed by atoms with van der Waals surface area (Å²) in [5.41, 5.74) is 0. The standard InChI is InChI=1S/C12H22N2O2/c1-8-3-5-13-11(7-8)12(15)14-10-4-6-16-9(10)2/h8-11,13H,3-7H2,1-2H3,(H,14,15). The van der Waals surface area contributed by atoms with Gasteiger partial charge in [-0.1, -0.05) is 6.92 Å². The maximum atomic E-state index is 12.0. The number of nitrogens with one attached hydrogen (secondary N) is 2. The molecule has 2 aliphatic rings. The van der Waals surface area contributed by atoms with E-state index < -0.39 is 0 Å². The largest absolute Gasteiger partial charge is 0.376 e. The highest BCUT2D eigenvalue weighted by atomic mass is 16.5. The fourth-order valence-electron chi connectivity index (χ4n) is 2.51. The summed E-state index contributed by atoms with van der Waals surface area (Å²) >= 11 is 0. The van der Waals surface area contributed by atoms with E-state index in [0.717, 1.165) is 26.0 Å². The maximum absolute atomic E-state index is 12.0. The van der Waals surface area contributed by atoms with Crippen LogP contribution in [0, 0.1) is 5.92 Å². The van der Waals surface area contributed by atoms with Gasteiger partial charge in [-0.2, -0.15) is 0 Å². The van der Waals surface area contributed by atoms with Gasteiger partial charge in [0.05, 0.1) is 18.2 Å². The van der Waals surface area contributed by atoms with Gasteiger partial charge in [0, 0.05) is 6.61 Å². The summed E-state index contributed by atoms with van der Waals surface area (Å²) < 4.78 is 5.44. The number of rotatable bonds is 2. The van der Waals surface area contributed by atoms with Crippen LogP contribution in [0.4, 0.5) is 0 Å². The van der Waals surface area contributed by atoms with Crippen LogP contribution < -0.4 is 10.6 Å². The first-order chi connectivity index (χ1) is 7.66. The molecule has 4 nitrogen and oxygen atoms in total. The smallest absolute Gasteiger partial charge is 0.237 e. The number of hydrogen-bond donors (Lipinski definition) is 2. The molecule has 0 aromatic carbocycles. The second kappa shape index (κ2) is 5.15. The van der Waals surface area contributed by atoms with Crippen molar-refractivity contribution >= 4 is 5.91 Å². The van der Waals surface area contributed by atoms with Crippen LogP contribution in [0.1, 0.15) is 33.1 Å². The average molecular weight is 226 g/mol. The highest BCUT2D eigenvalue weighted by Gasteiger charge is 2.30.